The molecule has 0 saturated carbocycles. The molecule has 1 fully saturated rings. The van der Waals surface area contributed by atoms with Gasteiger partial charge in [-0.3, -0.25) is 9.78 Å². The number of hydrogen-bond donors (Lipinski definition) is 0. The summed E-state index contributed by atoms with van der Waals surface area (Å²) >= 11 is 1.46. The van der Waals surface area contributed by atoms with Crippen molar-refractivity contribution in [2.45, 2.75) is 30.7 Å². The average molecular weight is 368 g/mol. The van der Waals surface area contributed by atoms with E-state index in [0.717, 1.165) is 36.5 Å². The van der Waals surface area contributed by atoms with Crippen molar-refractivity contribution in [2.24, 2.45) is 0 Å². The SMILES string of the molecule is O=C(CSc1ccc2nnc(-c3ccncc3)n2n1)N1CCCCCC1. The maximum absolute atomic E-state index is 12.5. The topological polar surface area (TPSA) is 76.3 Å². The van der Waals surface area contributed by atoms with E-state index < -0.39 is 0 Å². The van der Waals surface area contributed by atoms with Gasteiger partial charge in [0, 0.05) is 31.0 Å². The van der Waals surface area contributed by atoms with E-state index in [2.05, 4.69) is 20.3 Å². The molecule has 134 valence electrons. The number of amides is 1. The van der Waals surface area contributed by atoms with Crippen LogP contribution in [0.4, 0.5) is 0 Å². The quantitative estimate of drug-likeness (QED) is 0.659. The second kappa shape index (κ2) is 7.82. The molecule has 4 rings (SSSR count). The van der Waals surface area contributed by atoms with Crippen LogP contribution in [0.25, 0.3) is 17.0 Å². The monoisotopic (exact) mass is 368 g/mol. The van der Waals surface area contributed by atoms with E-state index in [1.54, 1.807) is 16.9 Å². The number of rotatable bonds is 4. The van der Waals surface area contributed by atoms with Crippen molar-refractivity contribution < 1.29 is 4.79 Å². The summed E-state index contributed by atoms with van der Waals surface area (Å²) in [5.74, 6) is 1.27. The van der Waals surface area contributed by atoms with Gasteiger partial charge in [0.15, 0.2) is 11.5 Å². The summed E-state index contributed by atoms with van der Waals surface area (Å²) in [7, 11) is 0. The number of pyridine rings is 1. The first kappa shape index (κ1) is 17.0. The molecule has 1 amide bonds. The van der Waals surface area contributed by atoms with Gasteiger partial charge in [-0.1, -0.05) is 24.6 Å². The Balaban J connectivity index is 1.49. The molecule has 0 N–H and O–H groups in total. The molecule has 4 heterocycles. The van der Waals surface area contributed by atoms with E-state index in [1.807, 2.05) is 29.2 Å². The molecule has 0 aliphatic carbocycles. The Labute approximate surface area is 155 Å². The van der Waals surface area contributed by atoms with Crippen molar-refractivity contribution >= 4 is 23.3 Å². The zero-order valence-corrected chi connectivity index (χ0v) is 15.2. The van der Waals surface area contributed by atoms with Gasteiger partial charge in [0.1, 0.15) is 5.03 Å². The Hall–Kier alpha value is -2.48. The predicted molar refractivity (Wildman–Crippen MR) is 99.8 cm³/mol. The second-order valence-electron chi connectivity index (χ2n) is 6.28. The summed E-state index contributed by atoms with van der Waals surface area (Å²) in [5, 5.41) is 13.8. The van der Waals surface area contributed by atoms with Gasteiger partial charge in [0.25, 0.3) is 0 Å². The van der Waals surface area contributed by atoms with Crippen LogP contribution in [0, 0.1) is 0 Å². The third kappa shape index (κ3) is 3.70. The van der Waals surface area contributed by atoms with E-state index in [-0.39, 0.29) is 5.91 Å². The Morgan fingerprint density at radius 3 is 2.54 bits per heavy atom. The molecule has 0 aromatic carbocycles. The summed E-state index contributed by atoms with van der Waals surface area (Å²) in [4.78, 5) is 18.5. The molecule has 26 heavy (non-hydrogen) atoms. The number of aromatic nitrogens is 5. The first-order chi connectivity index (χ1) is 12.8. The minimum atomic E-state index is 0.192. The van der Waals surface area contributed by atoms with Crippen molar-refractivity contribution in [2.75, 3.05) is 18.8 Å². The highest BCUT2D eigenvalue weighted by atomic mass is 32.2. The molecule has 8 heteroatoms. The maximum atomic E-state index is 12.5. The van der Waals surface area contributed by atoms with Crippen LogP contribution in [0.1, 0.15) is 25.7 Å². The lowest BCUT2D eigenvalue weighted by atomic mass is 10.2. The van der Waals surface area contributed by atoms with Crippen LogP contribution in [0.3, 0.4) is 0 Å². The Morgan fingerprint density at radius 2 is 1.77 bits per heavy atom. The summed E-state index contributed by atoms with van der Waals surface area (Å²) in [6.45, 7) is 1.76. The molecule has 0 unspecified atom stereocenters. The molecule has 3 aromatic heterocycles. The summed E-state index contributed by atoms with van der Waals surface area (Å²) in [6, 6.07) is 7.52. The minimum Gasteiger partial charge on any atom is -0.342 e. The van der Waals surface area contributed by atoms with Gasteiger partial charge in [-0.25, -0.2) is 0 Å². The first-order valence-electron chi connectivity index (χ1n) is 8.85. The number of likely N-dealkylation sites (tertiary alicyclic amines) is 1. The van der Waals surface area contributed by atoms with Crippen LogP contribution in [-0.4, -0.2) is 54.4 Å². The normalized spacial score (nSPS) is 15.2. The molecular formula is C18H20N6OS. The van der Waals surface area contributed by atoms with Crippen molar-refractivity contribution in [1.82, 2.24) is 29.7 Å². The van der Waals surface area contributed by atoms with Gasteiger partial charge < -0.3 is 4.90 Å². The molecule has 0 atom stereocenters. The molecule has 0 bridgehead atoms. The van der Waals surface area contributed by atoms with E-state index in [0.29, 0.717) is 17.2 Å². The highest BCUT2D eigenvalue weighted by Crippen LogP contribution is 2.21. The zero-order chi connectivity index (χ0) is 17.8. The predicted octanol–water partition coefficient (Wildman–Crippen LogP) is 2.68. The lowest BCUT2D eigenvalue weighted by molar-refractivity contribution is -0.128. The van der Waals surface area contributed by atoms with Gasteiger partial charge in [0.2, 0.25) is 5.91 Å². The molecule has 0 radical (unpaired) electrons. The molecular weight excluding hydrogens is 348 g/mol. The Kier molecular flexibility index (Phi) is 5.10. The largest absolute Gasteiger partial charge is 0.342 e. The molecule has 1 aliphatic heterocycles. The summed E-state index contributed by atoms with van der Waals surface area (Å²) in [6.07, 6.45) is 8.10. The fourth-order valence-electron chi connectivity index (χ4n) is 3.08. The third-order valence-electron chi connectivity index (χ3n) is 4.48. The average Bonchev–Trinajstić information content (AvgIpc) is 2.91. The fourth-order valence-corrected chi connectivity index (χ4v) is 3.83. The maximum Gasteiger partial charge on any atom is 0.232 e. The number of thioether (sulfide) groups is 1. The highest BCUT2D eigenvalue weighted by Gasteiger charge is 2.16. The van der Waals surface area contributed by atoms with Crippen molar-refractivity contribution in [3.8, 4) is 11.4 Å². The van der Waals surface area contributed by atoms with Crippen LogP contribution in [-0.2, 0) is 4.79 Å². The lowest BCUT2D eigenvalue weighted by Gasteiger charge is -2.19. The summed E-state index contributed by atoms with van der Waals surface area (Å²) < 4.78 is 1.72. The van der Waals surface area contributed by atoms with Crippen molar-refractivity contribution in [3.63, 3.8) is 0 Å². The number of hydrogen-bond acceptors (Lipinski definition) is 6. The molecule has 0 spiro atoms. The van der Waals surface area contributed by atoms with Gasteiger partial charge in [-0.2, -0.15) is 9.61 Å². The highest BCUT2D eigenvalue weighted by molar-refractivity contribution is 7.99. The molecule has 1 saturated heterocycles. The second-order valence-corrected chi connectivity index (χ2v) is 7.28. The van der Waals surface area contributed by atoms with Crippen LogP contribution in [0.15, 0.2) is 41.7 Å². The van der Waals surface area contributed by atoms with Crippen LogP contribution in [0.5, 0.6) is 0 Å². The van der Waals surface area contributed by atoms with Crippen molar-refractivity contribution in [3.05, 3.63) is 36.7 Å². The lowest BCUT2D eigenvalue weighted by Crippen LogP contribution is -2.33. The Morgan fingerprint density at radius 1 is 1.00 bits per heavy atom. The van der Waals surface area contributed by atoms with E-state index in [1.165, 1.54) is 24.6 Å². The number of carbonyl (C=O) groups excluding carboxylic acids is 1. The third-order valence-corrected chi connectivity index (χ3v) is 5.38. The van der Waals surface area contributed by atoms with E-state index in [9.17, 15) is 4.79 Å². The van der Waals surface area contributed by atoms with Crippen LogP contribution >= 0.6 is 11.8 Å². The van der Waals surface area contributed by atoms with Gasteiger partial charge in [-0.15, -0.1) is 10.2 Å². The molecule has 7 nitrogen and oxygen atoms in total. The van der Waals surface area contributed by atoms with Gasteiger partial charge in [-0.05, 0) is 37.1 Å². The number of fused-ring (bicyclic) bond motifs is 1. The number of nitrogens with zero attached hydrogens (tertiary/aromatic N) is 6. The standard InChI is InChI=1S/C18H20N6OS/c25-17(23-11-3-1-2-4-12-23)13-26-16-6-5-15-20-21-18(24(15)22-16)14-7-9-19-10-8-14/h5-10H,1-4,11-13H2. The smallest absolute Gasteiger partial charge is 0.232 e. The summed E-state index contributed by atoms with van der Waals surface area (Å²) in [5.41, 5.74) is 1.59. The van der Waals surface area contributed by atoms with Gasteiger partial charge >= 0.3 is 0 Å². The molecule has 1 aliphatic rings. The Bertz CT molecular complexity index is 889. The fraction of sp³-hybridized carbons (Fsp3) is 0.389. The number of carbonyl (C=O) groups is 1. The van der Waals surface area contributed by atoms with Crippen LogP contribution < -0.4 is 0 Å². The van der Waals surface area contributed by atoms with E-state index >= 15 is 0 Å². The van der Waals surface area contributed by atoms with Crippen LogP contribution in [0.2, 0.25) is 0 Å². The van der Waals surface area contributed by atoms with Crippen molar-refractivity contribution in [1.29, 1.82) is 0 Å². The zero-order valence-electron chi connectivity index (χ0n) is 14.4. The minimum absolute atomic E-state index is 0.192. The first-order valence-corrected chi connectivity index (χ1v) is 9.83. The van der Waals surface area contributed by atoms with E-state index in [4.69, 9.17) is 0 Å². The molecule has 3 aromatic rings. The van der Waals surface area contributed by atoms with Gasteiger partial charge in [0.05, 0.1) is 5.75 Å².